The van der Waals surface area contributed by atoms with Crippen molar-refractivity contribution in [2.75, 3.05) is 19.5 Å². The Morgan fingerprint density at radius 2 is 1.85 bits per heavy atom. The molecule has 2 aliphatic rings. The van der Waals surface area contributed by atoms with Gasteiger partial charge in [-0.05, 0) is 49.1 Å². The third-order valence-electron chi connectivity index (χ3n) is 6.35. The number of benzene rings is 2. The van der Waals surface area contributed by atoms with E-state index in [2.05, 4.69) is 24.5 Å². The zero-order valence-electron chi connectivity index (χ0n) is 20.0. The number of halogens is 1. The molecule has 1 unspecified atom stereocenters. The first-order chi connectivity index (χ1) is 16.1. The number of para-hydroxylation sites is 1. The minimum Gasteiger partial charge on any atom is -0.497 e. The van der Waals surface area contributed by atoms with E-state index in [-0.39, 0.29) is 16.9 Å². The van der Waals surface area contributed by atoms with Crippen LogP contribution in [0.1, 0.15) is 45.1 Å². The molecule has 0 spiro atoms. The molecule has 1 atom stereocenters. The second kappa shape index (κ2) is 8.97. The molecule has 0 aromatic heterocycles. The Labute approximate surface area is 198 Å². The summed E-state index contributed by atoms with van der Waals surface area (Å²) in [6.45, 7) is 5.90. The highest BCUT2D eigenvalue weighted by atomic mass is 19.1. The third-order valence-corrected chi connectivity index (χ3v) is 6.35. The molecule has 34 heavy (non-hydrogen) atoms. The van der Waals surface area contributed by atoms with Crippen LogP contribution in [0.5, 0.6) is 11.5 Å². The third kappa shape index (κ3) is 4.30. The van der Waals surface area contributed by atoms with E-state index in [0.29, 0.717) is 46.7 Å². The van der Waals surface area contributed by atoms with E-state index in [0.717, 1.165) is 5.70 Å². The first-order valence-electron chi connectivity index (χ1n) is 11.2. The normalized spacial score (nSPS) is 19.4. The van der Waals surface area contributed by atoms with Gasteiger partial charge in [0.05, 0.1) is 25.8 Å². The van der Waals surface area contributed by atoms with Gasteiger partial charge in [0.25, 0.3) is 5.91 Å². The molecular formula is C27H29FN2O4. The van der Waals surface area contributed by atoms with Gasteiger partial charge in [-0.2, -0.15) is 0 Å². The number of ketones is 1. The summed E-state index contributed by atoms with van der Waals surface area (Å²) in [7, 11) is 3.10. The quantitative estimate of drug-likeness (QED) is 0.645. The zero-order valence-corrected chi connectivity index (χ0v) is 20.0. The monoisotopic (exact) mass is 464 g/mol. The fourth-order valence-corrected chi connectivity index (χ4v) is 4.87. The largest absolute Gasteiger partial charge is 0.497 e. The fourth-order valence-electron chi connectivity index (χ4n) is 4.87. The van der Waals surface area contributed by atoms with Crippen molar-refractivity contribution in [3.8, 4) is 11.5 Å². The van der Waals surface area contributed by atoms with Crippen LogP contribution in [0.3, 0.4) is 0 Å². The van der Waals surface area contributed by atoms with Gasteiger partial charge in [0.2, 0.25) is 0 Å². The summed E-state index contributed by atoms with van der Waals surface area (Å²) in [5.41, 5.74) is 2.78. The lowest BCUT2D eigenvalue weighted by molar-refractivity contribution is -0.118. The lowest BCUT2D eigenvalue weighted by atomic mass is 9.68. The van der Waals surface area contributed by atoms with Gasteiger partial charge < -0.3 is 20.1 Å². The Bertz CT molecular complexity index is 1230. The van der Waals surface area contributed by atoms with Crippen LogP contribution in [-0.2, 0) is 9.59 Å². The van der Waals surface area contributed by atoms with E-state index in [1.165, 1.54) is 12.1 Å². The maximum absolute atomic E-state index is 14.3. The van der Waals surface area contributed by atoms with E-state index in [1.807, 2.05) is 0 Å². The summed E-state index contributed by atoms with van der Waals surface area (Å²) in [6.07, 6.45) is 1.02. The van der Waals surface area contributed by atoms with Crippen molar-refractivity contribution in [3.05, 3.63) is 76.4 Å². The highest BCUT2D eigenvalue weighted by Gasteiger charge is 2.43. The summed E-state index contributed by atoms with van der Waals surface area (Å²) in [5, 5.41) is 6.00. The molecule has 2 aromatic carbocycles. The number of anilines is 1. The molecule has 0 saturated heterocycles. The molecule has 0 saturated carbocycles. The first kappa shape index (κ1) is 23.5. The molecule has 2 aromatic rings. The van der Waals surface area contributed by atoms with E-state index in [1.54, 1.807) is 51.5 Å². The van der Waals surface area contributed by atoms with Gasteiger partial charge in [-0.25, -0.2) is 4.39 Å². The summed E-state index contributed by atoms with van der Waals surface area (Å²) in [6, 6.07) is 11.3. The molecule has 0 bridgehead atoms. The Kier molecular flexibility index (Phi) is 6.21. The average molecular weight is 465 g/mol. The summed E-state index contributed by atoms with van der Waals surface area (Å²) >= 11 is 0. The number of methoxy groups -OCH3 is 2. The molecule has 7 heteroatoms. The average Bonchev–Trinajstić information content (AvgIpc) is 2.78. The Morgan fingerprint density at radius 3 is 2.53 bits per heavy atom. The number of carbonyl (C=O) groups is 2. The van der Waals surface area contributed by atoms with Gasteiger partial charge in [0, 0.05) is 34.5 Å². The zero-order chi connectivity index (χ0) is 24.6. The minimum atomic E-state index is -0.698. The van der Waals surface area contributed by atoms with Crippen molar-refractivity contribution < 1.29 is 23.5 Å². The minimum absolute atomic E-state index is 0.0303. The van der Waals surface area contributed by atoms with Crippen molar-refractivity contribution >= 4 is 17.4 Å². The second-order valence-corrected chi connectivity index (χ2v) is 9.47. The van der Waals surface area contributed by atoms with Gasteiger partial charge in [-0.1, -0.05) is 26.0 Å². The van der Waals surface area contributed by atoms with Crippen molar-refractivity contribution in [3.63, 3.8) is 0 Å². The number of hydrogen-bond acceptors (Lipinski definition) is 5. The molecule has 0 fully saturated rings. The molecule has 4 rings (SSSR count). The second-order valence-electron chi connectivity index (χ2n) is 9.47. The lowest BCUT2D eigenvalue weighted by Gasteiger charge is -2.40. The predicted molar refractivity (Wildman–Crippen MR) is 128 cm³/mol. The molecule has 1 aliphatic carbocycles. The van der Waals surface area contributed by atoms with Crippen molar-refractivity contribution in [1.82, 2.24) is 5.32 Å². The van der Waals surface area contributed by atoms with Gasteiger partial charge in [-0.15, -0.1) is 0 Å². The number of carbonyl (C=O) groups excluding carboxylic acids is 2. The maximum Gasteiger partial charge on any atom is 0.254 e. The lowest BCUT2D eigenvalue weighted by Crippen LogP contribution is -2.39. The summed E-state index contributed by atoms with van der Waals surface area (Å²) < 4.78 is 25.4. The Hall–Kier alpha value is -3.61. The molecule has 1 aliphatic heterocycles. The number of ether oxygens (including phenoxy) is 2. The van der Waals surface area contributed by atoms with E-state index >= 15 is 0 Å². The van der Waals surface area contributed by atoms with Crippen LogP contribution in [0, 0.1) is 11.2 Å². The van der Waals surface area contributed by atoms with Crippen molar-refractivity contribution in [2.45, 2.75) is 39.5 Å². The fraction of sp³-hybridized carbons (Fsp3) is 0.333. The highest BCUT2D eigenvalue weighted by molar-refractivity contribution is 6.10. The van der Waals surface area contributed by atoms with E-state index in [4.69, 9.17) is 9.47 Å². The maximum atomic E-state index is 14.3. The Morgan fingerprint density at radius 1 is 1.12 bits per heavy atom. The van der Waals surface area contributed by atoms with Gasteiger partial charge >= 0.3 is 0 Å². The van der Waals surface area contributed by atoms with Crippen molar-refractivity contribution in [1.29, 1.82) is 0 Å². The van der Waals surface area contributed by atoms with Crippen molar-refractivity contribution in [2.24, 2.45) is 5.41 Å². The molecule has 0 radical (unpaired) electrons. The number of dihydropyridines is 1. The van der Waals surface area contributed by atoms with Crippen LogP contribution in [-0.4, -0.2) is 25.9 Å². The molecule has 1 heterocycles. The number of nitrogens with one attached hydrogen (secondary N) is 2. The van der Waals surface area contributed by atoms with Crippen LogP contribution in [0.15, 0.2) is 65.0 Å². The number of Topliss-reactive ketones (excluding diaryl/α,β-unsaturated/α-hetero) is 1. The number of rotatable bonds is 5. The number of amides is 1. The van der Waals surface area contributed by atoms with Crippen LogP contribution < -0.4 is 20.1 Å². The number of allylic oxidation sites excluding steroid dienone is 3. The SMILES string of the molecule is COc1ccc(OC)c(C2C(C(=O)Nc3ccccc3F)=C(C)NC3=C2C(=O)CC(C)(C)C3)c1. The summed E-state index contributed by atoms with van der Waals surface area (Å²) in [4.78, 5) is 27.1. The van der Waals surface area contributed by atoms with E-state index < -0.39 is 17.6 Å². The van der Waals surface area contributed by atoms with Gasteiger partial charge in [-0.3, -0.25) is 9.59 Å². The first-order valence-corrected chi connectivity index (χ1v) is 11.2. The molecule has 1 amide bonds. The molecular weight excluding hydrogens is 435 g/mol. The van der Waals surface area contributed by atoms with Crippen LogP contribution in [0.25, 0.3) is 0 Å². The van der Waals surface area contributed by atoms with Crippen LogP contribution >= 0.6 is 0 Å². The number of hydrogen-bond donors (Lipinski definition) is 2. The summed E-state index contributed by atoms with van der Waals surface area (Å²) in [5.74, 6) is -0.653. The topological polar surface area (TPSA) is 76.7 Å². The standard InChI is InChI=1S/C27H29FN2O4/c1-15-23(26(32)30-19-9-7-6-8-18(19)28)24(17-12-16(33-4)10-11-22(17)34-5)25-20(29-15)13-27(2,3)14-21(25)31/h6-12,24,29H,13-14H2,1-5H3,(H,30,32). The molecule has 6 nitrogen and oxygen atoms in total. The van der Waals surface area contributed by atoms with Crippen LogP contribution in [0.4, 0.5) is 10.1 Å². The van der Waals surface area contributed by atoms with E-state index in [9.17, 15) is 14.0 Å². The predicted octanol–water partition coefficient (Wildman–Crippen LogP) is 5.09. The smallest absolute Gasteiger partial charge is 0.254 e. The highest BCUT2D eigenvalue weighted by Crippen LogP contribution is 2.49. The molecule has 178 valence electrons. The molecule has 2 N–H and O–H groups in total. The van der Waals surface area contributed by atoms with Gasteiger partial charge in [0.1, 0.15) is 17.3 Å². The van der Waals surface area contributed by atoms with Crippen LogP contribution in [0.2, 0.25) is 0 Å². The Balaban J connectivity index is 1.89. The van der Waals surface area contributed by atoms with Gasteiger partial charge in [0.15, 0.2) is 5.78 Å².